The van der Waals surface area contributed by atoms with Crippen LogP contribution >= 0.6 is 0 Å². The van der Waals surface area contributed by atoms with Gasteiger partial charge in [0, 0.05) is 26.7 Å². The SMILES string of the molecule is CC(=O)OCC1CCC2C(C)C(=O)OC2C2(COC(C)=O)C(OC(C)=O)CCC12. The van der Waals surface area contributed by atoms with Gasteiger partial charge in [-0.25, -0.2) is 0 Å². The van der Waals surface area contributed by atoms with Crippen molar-refractivity contribution in [1.29, 1.82) is 0 Å². The fraction of sp³-hybridized carbons (Fsp3) is 0.810. The normalized spacial score (nSPS) is 38.3. The van der Waals surface area contributed by atoms with E-state index in [1.54, 1.807) is 0 Å². The predicted octanol–water partition coefficient (Wildman–Crippen LogP) is 2.03. The van der Waals surface area contributed by atoms with Crippen molar-refractivity contribution in [2.24, 2.45) is 29.1 Å². The van der Waals surface area contributed by atoms with E-state index in [4.69, 9.17) is 18.9 Å². The molecule has 0 bridgehead atoms. The van der Waals surface area contributed by atoms with E-state index in [1.165, 1.54) is 20.8 Å². The zero-order valence-corrected chi connectivity index (χ0v) is 17.5. The molecule has 0 aromatic carbocycles. The van der Waals surface area contributed by atoms with Crippen LogP contribution in [0.4, 0.5) is 0 Å². The second kappa shape index (κ2) is 8.32. The molecule has 0 N–H and O–H groups in total. The molecule has 1 heterocycles. The molecule has 0 aromatic rings. The maximum absolute atomic E-state index is 12.4. The lowest BCUT2D eigenvalue weighted by atomic mass is 9.66. The molecule has 2 aliphatic carbocycles. The van der Waals surface area contributed by atoms with Crippen LogP contribution in [-0.4, -0.2) is 49.3 Å². The van der Waals surface area contributed by atoms with Crippen molar-refractivity contribution >= 4 is 23.9 Å². The molecule has 3 fully saturated rings. The van der Waals surface area contributed by atoms with E-state index in [-0.39, 0.29) is 48.8 Å². The molecule has 8 nitrogen and oxygen atoms in total. The zero-order chi connectivity index (χ0) is 21.3. The molecule has 8 heteroatoms. The number of fused-ring (bicyclic) bond motifs is 3. The van der Waals surface area contributed by atoms with Gasteiger partial charge in [0.15, 0.2) is 0 Å². The third kappa shape index (κ3) is 3.98. The number of ether oxygens (including phenoxy) is 4. The summed E-state index contributed by atoms with van der Waals surface area (Å²) in [5.41, 5.74) is -0.844. The first-order chi connectivity index (χ1) is 13.7. The van der Waals surface area contributed by atoms with Crippen molar-refractivity contribution in [2.45, 2.75) is 65.6 Å². The number of carbonyl (C=O) groups is 4. The summed E-state index contributed by atoms with van der Waals surface area (Å²) < 4.78 is 22.4. The van der Waals surface area contributed by atoms with E-state index in [0.29, 0.717) is 12.8 Å². The maximum Gasteiger partial charge on any atom is 0.309 e. The lowest BCUT2D eigenvalue weighted by Gasteiger charge is -2.44. The van der Waals surface area contributed by atoms with Gasteiger partial charge < -0.3 is 18.9 Å². The highest BCUT2D eigenvalue weighted by Gasteiger charge is 2.66. The Labute approximate surface area is 170 Å². The summed E-state index contributed by atoms with van der Waals surface area (Å²) >= 11 is 0. The van der Waals surface area contributed by atoms with Gasteiger partial charge in [0.25, 0.3) is 0 Å². The molecule has 0 radical (unpaired) electrons. The van der Waals surface area contributed by atoms with E-state index in [9.17, 15) is 19.2 Å². The molecule has 0 spiro atoms. The molecule has 7 atom stereocenters. The standard InChI is InChI=1S/C21H30O8/c1-11-16-6-5-15(9-26-12(2)22)17-7-8-18(28-14(4)24)21(17,10-27-13(3)23)19(16)29-20(11)25/h11,15-19H,5-10H2,1-4H3. The molecular formula is C21H30O8. The van der Waals surface area contributed by atoms with Gasteiger partial charge in [-0.1, -0.05) is 6.92 Å². The first kappa shape index (κ1) is 21.6. The molecule has 162 valence electrons. The van der Waals surface area contributed by atoms with Gasteiger partial charge in [-0.3, -0.25) is 19.2 Å². The van der Waals surface area contributed by atoms with Crippen LogP contribution in [0.15, 0.2) is 0 Å². The van der Waals surface area contributed by atoms with Crippen molar-refractivity contribution in [3.63, 3.8) is 0 Å². The fourth-order valence-electron chi connectivity index (χ4n) is 5.75. The van der Waals surface area contributed by atoms with Crippen molar-refractivity contribution in [1.82, 2.24) is 0 Å². The van der Waals surface area contributed by atoms with Crippen LogP contribution in [0.1, 0.15) is 53.4 Å². The summed E-state index contributed by atoms with van der Waals surface area (Å²) in [6, 6.07) is 0. The third-order valence-corrected chi connectivity index (χ3v) is 6.98. The Bertz CT molecular complexity index is 688. The minimum absolute atomic E-state index is 0.00266. The molecule has 0 amide bonds. The van der Waals surface area contributed by atoms with Crippen LogP contribution in [0, 0.1) is 29.1 Å². The highest BCUT2D eigenvalue weighted by Crippen LogP contribution is 2.59. The van der Waals surface area contributed by atoms with E-state index >= 15 is 0 Å². The summed E-state index contributed by atoms with van der Waals surface area (Å²) in [6.07, 6.45) is 1.73. The van der Waals surface area contributed by atoms with Crippen LogP contribution < -0.4 is 0 Å². The second-order valence-electron chi connectivity index (χ2n) is 8.62. The average Bonchev–Trinajstić information content (AvgIpc) is 3.07. The smallest absolute Gasteiger partial charge is 0.309 e. The molecule has 7 unspecified atom stereocenters. The monoisotopic (exact) mass is 410 g/mol. The van der Waals surface area contributed by atoms with Gasteiger partial charge in [-0.05, 0) is 37.5 Å². The summed E-state index contributed by atoms with van der Waals surface area (Å²) in [7, 11) is 0. The molecule has 1 aliphatic heterocycles. The molecule has 29 heavy (non-hydrogen) atoms. The Morgan fingerprint density at radius 2 is 1.69 bits per heavy atom. The summed E-state index contributed by atoms with van der Waals surface area (Å²) in [5.74, 6) is -1.92. The predicted molar refractivity (Wildman–Crippen MR) is 99.2 cm³/mol. The Balaban J connectivity index is 2.05. The average molecular weight is 410 g/mol. The van der Waals surface area contributed by atoms with Gasteiger partial charge >= 0.3 is 23.9 Å². The van der Waals surface area contributed by atoms with Gasteiger partial charge in [-0.2, -0.15) is 0 Å². The van der Waals surface area contributed by atoms with Crippen molar-refractivity contribution in [3.05, 3.63) is 0 Å². The minimum atomic E-state index is -0.844. The largest absolute Gasteiger partial charge is 0.466 e. The number of hydrogen-bond acceptors (Lipinski definition) is 8. The van der Waals surface area contributed by atoms with Gasteiger partial charge in [0.2, 0.25) is 0 Å². The van der Waals surface area contributed by atoms with E-state index in [2.05, 4.69) is 0 Å². The quantitative estimate of drug-likeness (QED) is 0.501. The Morgan fingerprint density at radius 3 is 2.31 bits per heavy atom. The van der Waals surface area contributed by atoms with Crippen LogP contribution in [0.5, 0.6) is 0 Å². The lowest BCUT2D eigenvalue weighted by Crippen LogP contribution is -2.54. The fourth-order valence-corrected chi connectivity index (χ4v) is 5.75. The highest BCUT2D eigenvalue weighted by atomic mass is 16.6. The lowest BCUT2D eigenvalue weighted by molar-refractivity contribution is -0.183. The summed E-state index contributed by atoms with van der Waals surface area (Å²) in [4.78, 5) is 47.4. The molecule has 0 aromatic heterocycles. The van der Waals surface area contributed by atoms with E-state index < -0.39 is 29.6 Å². The summed E-state index contributed by atoms with van der Waals surface area (Å²) in [6.45, 7) is 6.15. The topological polar surface area (TPSA) is 105 Å². The number of esters is 4. The third-order valence-electron chi connectivity index (χ3n) is 6.98. The van der Waals surface area contributed by atoms with Crippen LogP contribution in [0.3, 0.4) is 0 Å². The molecule has 3 rings (SSSR count). The van der Waals surface area contributed by atoms with E-state index in [1.807, 2.05) is 6.92 Å². The van der Waals surface area contributed by atoms with E-state index in [0.717, 1.165) is 12.8 Å². The Morgan fingerprint density at radius 1 is 1.00 bits per heavy atom. The number of carbonyl (C=O) groups excluding carboxylic acids is 4. The van der Waals surface area contributed by atoms with Gasteiger partial charge in [0.1, 0.15) is 18.8 Å². The first-order valence-electron chi connectivity index (χ1n) is 10.3. The van der Waals surface area contributed by atoms with Crippen molar-refractivity contribution in [2.75, 3.05) is 13.2 Å². The first-order valence-corrected chi connectivity index (χ1v) is 10.3. The zero-order valence-electron chi connectivity index (χ0n) is 17.5. The number of hydrogen-bond donors (Lipinski definition) is 0. The second-order valence-corrected chi connectivity index (χ2v) is 8.62. The minimum Gasteiger partial charge on any atom is -0.466 e. The van der Waals surface area contributed by atoms with Crippen LogP contribution in [-0.2, 0) is 38.1 Å². The maximum atomic E-state index is 12.4. The molecule has 2 saturated carbocycles. The van der Waals surface area contributed by atoms with Crippen LogP contribution in [0.2, 0.25) is 0 Å². The Hall–Kier alpha value is -2.12. The molecule has 3 aliphatic rings. The summed E-state index contributed by atoms with van der Waals surface area (Å²) in [5, 5.41) is 0. The molecular weight excluding hydrogens is 380 g/mol. The Kier molecular flexibility index (Phi) is 6.19. The van der Waals surface area contributed by atoms with Crippen LogP contribution in [0.25, 0.3) is 0 Å². The van der Waals surface area contributed by atoms with Gasteiger partial charge in [-0.15, -0.1) is 0 Å². The highest BCUT2D eigenvalue weighted by molar-refractivity contribution is 5.75. The van der Waals surface area contributed by atoms with Crippen molar-refractivity contribution < 1.29 is 38.1 Å². The van der Waals surface area contributed by atoms with Gasteiger partial charge in [0.05, 0.1) is 17.9 Å². The number of rotatable bonds is 5. The molecule has 1 saturated heterocycles. The van der Waals surface area contributed by atoms with Crippen molar-refractivity contribution in [3.8, 4) is 0 Å².